The second-order valence-electron chi connectivity index (χ2n) is 7.07. The summed E-state index contributed by atoms with van der Waals surface area (Å²) in [5.41, 5.74) is 5.84. The zero-order valence-electron chi connectivity index (χ0n) is 15.0. The van der Waals surface area contributed by atoms with E-state index < -0.39 is 0 Å². The van der Waals surface area contributed by atoms with Crippen LogP contribution in [0.1, 0.15) is 40.9 Å². The molecule has 0 saturated carbocycles. The maximum Gasteiger partial charge on any atom is 0.213 e. The number of rotatable bonds is 2. The van der Waals surface area contributed by atoms with Crippen molar-refractivity contribution >= 4 is 21.6 Å². The summed E-state index contributed by atoms with van der Waals surface area (Å²) >= 11 is 3.51. The number of nitrogens with zero attached hydrogens (tertiary/aromatic N) is 2. The molecule has 0 fully saturated rings. The van der Waals surface area contributed by atoms with Crippen LogP contribution in [0.25, 0.3) is 0 Å². The Kier molecular flexibility index (Phi) is 4.01. The van der Waals surface area contributed by atoms with Crippen molar-refractivity contribution in [2.75, 3.05) is 0 Å². The molecule has 2 aliphatic heterocycles. The van der Waals surface area contributed by atoms with E-state index in [2.05, 4.69) is 94.6 Å². The fourth-order valence-corrected chi connectivity index (χ4v) is 4.07. The number of hydrogen-bond donors (Lipinski definition) is 0. The molecule has 0 N–H and O–H groups in total. The van der Waals surface area contributed by atoms with E-state index in [1.807, 2.05) is 6.07 Å². The molecule has 3 aromatic carbocycles. The zero-order chi connectivity index (χ0) is 18.4. The second kappa shape index (κ2) is 6.54. The van der Waals surface area contributed by atoms with Gasteiger partial charge in [-0.3, -0.25) is 0 Å². The smallest absolute Gasteiger partial charge is 0.213 e. The van der Waals surface area contributed by atoms with Crippen molar-refractivity contribution < 1.29 is 4.74 Å². The highest BCUT2D eigenvalue weighted by Crippen LogP contribution is 2.47. The second-order valence-corrected chi connectivity index (χ2v) is 7.99. The molecule has 2 aliphatic rings. The van der Waals surface area contributed by atoms with Gasteiger partial charge in [0.25, 0.3) is 0 Å². The highest BCUT2D eigenvalue weighted by atomic mass is 79.9. The van der Waals surface area contributed by atoms with Crippen molar-refractivity contribution in [1.29, 1.82) is 0 Å². The molecule has 0 radical (unpaired) electrons. The topological polar surface area (TPSA) is 24.8 Å². The third kappa shape index (κ3) is 2.94. The molecule has 2 atom stereocenters. The van der Waals surface area contributed by atoms with E-state index in [1.54, 1.807) is 0 Å². The fraction of sp³-hybridized carbons (Fsp3) is 0.174. The van der Waals surface area contributed by atoms with E-state index in [0.717, 1.165) is 33.5 Å². The third-order valence-electron chi connectivity index (χ3n) is 5.24. The molecule has 0 saturated heterocycles. The molecular weight excluding hydrogens is 400 g/mol. The molecule has 0 aromatic heterocycles. The molecule has 4 heteroatoms. The summed E-state index contributed by atoms with van der Waals surface area (Å²) in [5.74, 6) is 0.955. The van der Waals surface area contributed by atoms with Gasteiger partial charge in [0.2, 0.25) is 6.23 Å². The van der Waals surface area contributed by atoms with Gasteiger partial charge in [0.15, 0.2) is 0 Å². The van der Waals surface area contributed by atoms with Crippen molar-refractivity contribution in [3.63, 3.8) is 0 Å². The van der Waals surface area contributed by atoms with Crippen molar-refractivity contribution in [2.24, 2.45) is 5.10 Å². The summed E-state index contributed by atoms with van der Waals surface area (Å²) in [4.78, 5) is 0. The lowest BCUT2D eigenvalue weighted by molar-refractivity contribution is -0.0190. The molecule has 5 rings (SSSR count). The summed E-state index contributed by atoms with van der Waals surface area (Å²) < 4.78 is 7.46. The van der Waals surface area contributed by atoms with E-state index in [4.69, 9.17) is 9.84 Å². The van der Waals surface area contributed by atoms with E-state index >= 15 is 0 Å². The fourth-order valence-electron chi connectivity index (χ4n) is 3.80. The first-order valence-corrected chi connectivity index (χ1v) is 9.92. The van der Waals surface area contributed by atoms with Crippen LogP contribution in [0.2, 0.25) is 0 Å². The Bertz CT molecular complexity index is 1010. The quantitative estimate of drug-likeness (QED) is 0.509. The van der Waals surface area contributed by atoms with Crippen LogP contribution in [-0.2, 0) is 0 Å². The first-order valence-electron chi connectivity index (χ1n) is 9.13. The van der Waals surface area contributed by atoms with Crippen molar-refractivity contribution in [3.05, 3.63) is 99.5 Å². The zero-order valence-corrected chi connectivity index (χ0v) is 16.6. The third-order valence-corrected chi connectivity index (χ3v) is 5.77. The maximum atomic E-state index is 6.39. The summed E-state index contributed by atoms with van der Waals surface area (Å²) in [6.07, 6.45) is 0.670. The predicted octanol–water partition coefficient (Wildman–Crippen LogP) is 6.00. The van der Waals surface area contributed by atoms with Crippen LogP contribution in [0.15, 0.2) is 82.4 Å². The van der Waals surface area contributed by atoms with Gasteiger partial charge >= 0.3 is 0 Å². The standard InChI is InChI=1S/C23H19BrN2O/c1-15-6-8-17(9-7-15)23-26-21(19-4-2-3-5-22(19)27-23)14-20(25-26)16-10-12-18(24)13-11-16/h2-13,21,23H,14H2,1H3/t21-,23+/m0/s1. The van der Waals surface area contributed by atoms with Gasteiger partial charge in [0.05, 0.1) is 11.8 Å². The first-order chi connectivity index (χ1) is 13.2. The lowest BCUT2D eigenvalue weighted by atomic mass is 9.96. The SMILES string of the molecule is Cc1ccc([C@H]2Oc3ccccc3[C@@H]3CC(c4ccc(Br)cc4)=NN23)cc1. The van der Waals surface area contributed by atoms with Gasteiger partial charge in [-0.2, -0.15) is 5.10 Å². The number of para-hydroxylation sites is 1. The molecule has 0 spiro atoms. The Morgan fingerprint density at radius 1 is 0.963 bits per heavy atom. The Labute approximate surface area is 167 Å². The Morgan fingerprint density at radius 2 is 1.70 bits per heavy atom. The highest BCUT2D eigenvalue weighted by molar-refractivity contribution is 9.10. The lowest BCUT2D eigenvalue weighted by Gasteiger charge is -2.38. The van der Waals surface area contributed by atoms with Gasteiger partial charge in [-0.15, -0.1) is 0 Å². The minimum Gasteiger partial charge on any atom is -0.464 e. The average molecular weight is 419 g/mol. The van der Waals surface area contributed by atoms with E-state index in [0.29, 0.717) is 0 Å². The molecule has 0 aliphatic carbocycles. The molecule has 3 aromatic rings. The molecule has 0 amide bonds. The maximum absolute atomic E-state index is 6.39. The minimum atomic E-state index is -0.210. The van der Waals surface area contributed by atoms with Crippen molar-refractivity contribution in [2.45, 2.75) is 25.6 Å². The number of halogens is 1. The highest BCUT2D eigenvalue weighted by Gasteiger charge is 2.40. The summed E-state index contributed by atoms with van der Waals surface area (Å²) in [6.45, 7) is 2.10. The Morgan fingerprint density at radius 3 is 2.48 bits per heavy atom. The first kappa shape index (κ1) is 16.6. The van der Waals surface area contributed by atoms with E-state index in [1.165, 1.54) is 11.1 Å². The van der Waals surface area contributed by atoms with Crippen LogP contribution >= 0.6 is 15.9 Å². The van der Waals surface area contributed by atoms with Crippen LogP contribution in [-0.4, -0.2) is 10.7 Å². The number of hydrazone groups is 1. The van der Waals surface area contributed by atoms with Crippen LogP contribution in [0.4, 0.5) is 0 Å². The monoisotopic (exact) mass is 418 g/mol. The number of ether oxygens (including phenoxy) is 1. The van der Waals surface area contributed by atoms with Crippen LogP contribution < -0.4 is 4.74 Å². The Hall–Kier alpha value is -2.59. The van der Waals surface area contributed by atoms with Gasteiger partial charge < -0.3 is 4.74 Å². The summed E-state index contributed by atoms with van der Waals surface area (Å²) in [6, 6.07) is 25.4. The average Bonchev–Trinajstić information content (AvgIpc) is 3.14. The normalized spacial score (nSPS) is 20.5. The number of benzene rings is 3. The van der Waals surface area contributed by atoms with Crippen molar-refractivity contribution in [3.8, 4) is 5.75 Å². The van der Waals surface area contributed by atoms with Gasteiger partial charge in [0.1, 0.15) is 5.75 Å². The molecule has 0 bridgehead atoms. The molecule has 3 nitrogen and oxygen atoms in total. The van der Waals surface area contributed by atoms with Crippen LogP contribution in [0.5, 0.6) is 5.75 Å². The number of hydrogen-bond acceptors (Lipinski definition) is 3. The van der Waals surface area contributed by atoms with Gasteiger partial charge in [-0.25, -0.2) is 5.01 Å². The number of fused-ring (bicyclic) bond motifs is 3. The summed E-state index contributed by atoms with van der Waals surface area (Å²) in [5, 5.41) is 7.13. The minimum absolute atomic E-state index is 0.194. The van der Waals surface area contributed by atoms with Crippen molar-refractivity contribution in [1.82, 2.24) is 5.01 Å². The molecule has 2 heterocycles. The van der Waals surface area contributed by atoms with Crippen LogP contribution in [0, 0.1) is 6.92 Å². The largest absolute Gasteiger partial charge is 0.464 e. The predicted molar refractivity (Wildman–Crippen MR) is 111 cm³/mol. The van der Waals surface area contributed by atoms with E-state index in [9.17, 15) is 0 Å². The molecule has 27 heavy (non-hydrogen) atoms. The van der Waals surface area contributed by atoms with Gasteiger partial charge in [-0.1, -0.05) is 76.1 Å². The molecular formula is C23H19BrN2O. The van der Waals surface area contributed by atoms with E-state index in [-0.39, 0.29) is 12.3 Å². The Balaban J connectivity index is 1.58. The lowest BCUT2D eigenvalue weighted by Crippen LogP contribution is -2.33. The number of aryl methyl sites for hydroxylation is 1. The van der Waals surface area contributed by atoms with Gasteiger partial charge in [0, 0.05) is 22.0 Å². The van der Waals surface area contributed by atoms with Gasteiger partial charge in [-0.05, 0) is 30.7 Å². The molecule has 134 valence electrons. The molecule has 0 unspecified atom stereocenters. The summed E-state index contributed by atoms with van der Waals surface area (Å²) in [7, 11) is 0. The van der Waals surface area contributed by atoms with Crippen LogP contribution in [0.3, 0.4) is 0 Å².